The van der Waals surface area contributed by atoms with Crippen molar-refractivity contribution >= 4 is 23.4 Å². The Morgan fingerprint density at radius 2 is 1.95 bits per heavy atom. The zero-order chi connectivity index (χ0) is 15.1. The molecule has 0 aromatic heterocycles. The van der Waals surface area contributed by atoms with E-state index < -0.39 is 6.04 Å². The summed E-state index contributed by atoms with van der Waals surface area (Å²) in [5, 5.41) is 0.631. The average molecular weight is 307 g/mol. The first-order valence-electron chi connectivity index (χ1n) is 7.39. The average Bonchev–Trinajstić information content (AvgIpc) is 2.95. The second kappa shape index (κ2) is 5.34. The lowest BCUT2D eigenvalue weighted by Crippen LogP contribution is -2.62. The van der Waals surface area contributed by atoms with E-state index in [1.807, 2.05) is 38.1 Å². The van der Waals surface area contributed by atoms with Crippen molar-refractivity contribution < 1.29 is 9.59 Å². The number of benzene rings is 1. The van der Waals surface area contributed by atoms with E-state index in [1.165, 1.54) is 0 Å². The topological polar surface area (TPSA) is 40.6 Å². The SMILES string of the molecule is CC1C(=O)N2CCCC2C(=O)N1C(C)c1ccccc1Cl. The normalized spacial score (nSPS) is 27.0. The summed E-state index contributed by atoms with van der Waals surface area (Å²) >= 11 is 6.25. The molecule has 0 aliphatic carbocycles. The van der Waals surface area contributed by atoms with Gasteiger partial charge in [0.1, 0.15) is 12.1 Å². The number of carbonyl (C=O) groups is 2. The third kappa shape index (κ3) is 2.22. The Morgan fingerprint density at radius 3 is 2.67 bits per heavy atom. The zero-order valence-electron chi connectivity index (χ0n) is 12.3. The number of piperazine rings is 1. The van der Waals surface area contributed by atoms with Gasteiger partial charge in [-0.15, -0.1) is 0 Å². The molecular weight excluding hydrogens is 288 g/mol. The van der Waals surface area contributed by atoms with Gasteiger partial charge in [-0.05, 0) is 38.3 Å². The standard InChI is InChI=1S/C16H19ClN2O2/c1-10(12-6-3-4-7-13(12)17)19-11(2)15(20)18-9-5-8-14(18)16(19)21/h3-4,6-7,10-11,14H,5,8-9H2,1-2H3. The molecule has 4 nitrogen and oxygen atoms in total. The Bertz CT molecular complexity index is 589. The summed E-state index contributed by atoms with van der Waals surface area (Å²) in [4.78, 5) is 28.7. The first-order chi connectivity index (χ1) is 10.0. The van der Waals surface area contributed by atoms with Crippen LogP contribution < -0.4 is 0 Å². The Morgan fingerprint density at radius 1 is 1.24 bits per heavy atom. The highest BCUT2D eigenvalue weighted by molar-refractivity contribution is 6.31. The van der Waals surface area contributed by atoms with Gasteiger partial charge in [0, 0.05) is 11.6 Å². The second-order valence-corrected chi connectivity index (χ2v) is 6.22. The van der Waals surface area contributed by atoms with Gasteiger partial charge in [-0.2, -0.15) is 0 Å². The summed E-state index contributed by atoms with van der Waals surface area (Å²) in [6.45, 7) is 4.45. The van der Waals surface area contributed by atoms with E-state index in [1.54, 1.807) is 9.80 Å². The van der Waals surface area contributed by atoms with Gasteiger partial charge in [-0.1, -0.05) is 29.8 Å². The minimum atomic E-state index is -0.432. The molecule has 2 aliphatic rings. The van der Waals surface area contributed by atoms with Crippen LogP contribution in [-0.2, 0) is 9.59 Å². The third-order valence-electron chi connectivity index (χ3n) is 4.62. The van der Waals surface area contributed by atoms with Gasteiger partial charge >= 0.3 is 0 Å². The minimum Gasteiger partial charge on any atom is -0.329 e. The van der Waals surface area contributed by atoms with Crippen LogP contribution in [0.5, 0.6) is 0 Å². The molecule has 2 aliphatic heterocycles. The van der Waals surface area contributed by atoms with E-state index >= 15 is 0 Å². The monoisotopic (exact) mass is 306 g/mol. The maximum absolute atomic E-state index is 12.8. The quantitative estimate of drug-likeness (QED) is 0.843. The number of hydrogen-bond donors (Lipinski definition) is 0. The van der Waals surface area contributed by atoms with Crippen molar-refractivity contribution in [2.75, 3.05) is 6.54 Å². The van der Waals surface area contributed by atoms with Crippen LogP contribution in [0, 0.1) is 0 Å². The number of fused-ring (bicyclic) bond motifs is 1. The van der Waals surface area contributed by atoms with Crippen molar-refractivity contribution in [3.63, 3.8) is 0 Å². The molecule has 0 bridgehead atoms. The highest BCUT2D eigenvalue weighted by Gasteiger charge is 2.47. The molecule has 1 aromatic rings. The molecule has 2 fully saturated rings. The number of hydrogen-bond acceptors (Lipinski definition) is 2. The molecular formula is C16H19ClN2O2. The minimum absolute atomic E-state index is 0.0482. The molecule has 2 saturated heterocycles. The van der Waals surface area contributed by atoms with E-state index in [0.29, 0.717) is 11.6 Å². The van der Waals surface area contributed by atoms with E-state index in [-0.39, 0.29) is 23.9 Å². The summed E-state index contributed by atoms with van der Waals surface area (Å²) in [7, 11) is 0. The molecule has 112 valence electrons. The Hall–Kier alpha value is -1.55. The van der Waals surface area contributed by atoms with Crippen LogP contribution in [-0.4, -0.2) is 40.2 Å². The van der Waals surface area contributed by atoms with Crippen LogP contribution in [0.3, 0.4) is 0 Å². The summed E-state index contributed by atoms with van der Waals surface area (Å²) in [5.74, 6) is 0.100. The molecule has 0 saturated carbocycles. The lowest BCUT2D eigenvalue weighted by Gasteiger charge is -2.44. The molecule has 2 amide bonds. The predicted molar refractivity (Wildman–Crippen MR) is 80.9 cm³/mol. The molecule has 5 heteroatoms. The first kappa shape index (κ1) is 14.4. The van der Waals surface area contributed by atoms with Gasteiger partial charge < -0.3 is 9.80 Å². The van der Waals surface area contributed by atoms with Gasteiger partial charge in [0.15, 0.2) is 0 Å². The maximum atomic E-state index is 12.8. The van der Waals surface area contributed by atoms with Gasteiger partial charge in [0.05, 0.1) is 6.04 Å². The third-order valence-corrected chi connectivity index (χ3v) is 4.97. The fraction of sp³-hybridized carbons (Fsp3) is 0.500. The van der Waals surface area contributed by atoms with E-state index in [0.717, 1.165) is 18.4 Å². The Labute approximate surface area is 129 Å². The number of carbonyl (C=O) groups excluding carboxylic acids is 2. The lowest BCUT2D eigenvalue weighted by atomic mass is 9.99. The number of amides is 2. The fourth-order valence-corrected chi connectivity index (χ4v) is 3.79. The van der Waals surface area contributed by atoms with Crippen LogP contribution in [0.2, 0.25) is 5.02 Å². The second-order valence-electron chi connectivity index (χ2n) is 5.81. The molecule has 3 atom stereocenters. The van der Waals surface area contributed by atoms with Crippen molar-refractivity contribution in [1.29, 1.82) is 0 Å². The Balaban J connectivity index is 1.95. The Kier molecular flexibility index (Phi) is 3.66. The fourth-order valence-electron chi connectivity index (χ4n) is 3.50. The highest BCUT2D eigenvalue weighted by Crippen LogP contribution is 2.34. The summed E-state index contributed by atoms with van der Waals surface area (Å²) < 4.78 is 0. The van der Waals surface area contributed by atoms with E-state index in [9.17, 15) is 9.59 Å². The zero-order valence-corrected chi connectivity index (χ0v) is 13.0. The molecule has 0 N–H and O–H groups in total. The predicted octanol–water partition coefficient (Wildman–Crippen LogP) is 2.62. The van der Waals surface area contributed by atoms with Crippen molar-refractivity contribution in [3.05, 3.63) is 34.9 Å². The van der Waals surface area contributed by atoms with E-state index in [4.69, 9.17) is 11.6 Å². The van der Waals surface area contributed by atoms with Crippen LogP contribution in [0.1, 0.15) is 38.3 Å². The molecule has 3 unspecified atom stereocenters. The van der Waals surface area contributed by atoms with E-state index in [2.05, 4.69) is 0 Å². The van der Waals surface area contributed by atoms with Gasteiger partial charge in [-0.3, -0.25) is 9.59 Å². The van der Waals surface area contributed by atoms with Crippen LogP contribution in [0.25, 0.3) is 0 Å². The molecule has 0 spiro atoms. The lowest BCUT2D eigenvalue weighted by molar-refractivity contribution is -0.161. The van der Waals surface area contributed by atoms with Gasteiger partial charge in [0.2, 0.25) is 11.8 Å². The summed E-state index contributed by atoms with van der Waals surface area (Å²) in [6.07, 6.45) is 1.67. The largest absolute Gasteiger partial charge is 0.329 e. The maximum Gasteiger partial charge on any atom is 0.246 e. The molecule has 0 radical (unpaired) electrons. The number of nitrogens with zero attached hydrogens (tertiary/aromatic N) is 2. The molecule has 1 aromatic carbocycles. The van der Waals surface area contributed by atoms with Crippen LogP contribution in [0.4, 0.5) is 0 Å². The summed E-state index contributed by atoms with van der Waals surface area (Å²) in [6, 6.07) is 6.59. The van der Waals surface area contributed by atoms with Gasteiger partial charge in [-0.25, -0.2) is 0 Å². The highest BCUT2D eigenvalue weighted by atomic mass is 35.5. The summed E-state index contributed by atoms with van der Waals surface area (Å²) in [5.41, 5.74) is 0.888. The first-order valence-corrected chi connectivity index (χ1v) is 7.77. The van der Waals surface area contributed by atoms with Crippen molar-refractivity contribution in [2.45, 2.75) is 44.8 Å². The van der Waals surface area contributed by atoms with Crippen LogP contribution in [0.15, 0.2) is 24.3 Å². The number of halogens is 1. The van der Waals surface area contributed by atoms with Crippen molar-refractivity contribution in [2.24, 2.45) is 0 Å². The van der Waals surface area contributed by atoms with Crippen LogP contribution >= 0.6 is 11.6 Å². The number of rotatable bonds is 2. The smallest absolute Gasteiger partial charge is 0.246 e. The molecule has 3 rings (SSSR count). The molecule has 21 heavy (non-hydrogen) atoms. The van der Waals surface area contributed by atoms with Crippen molar-refractivity contribution in [1.82, 2.24) is 9.80 Å². The van der Waals surface area contributed by atoms with Gasteiger partial charge in [0.25, 0.3) is 0 Å². The van der Waals surface area contributed by atoms with Crippen molar-refractivity contribution in [3.8, 4) is 0 Å². The molecule has 2 heterocycles.